The van der Waals surface area contributed by atoms with Crippen molar-refractivity contribution in [2.45, 2.75) is 33.1 Å². The third kappa shape index (κ3) is 6.93. The third-order valence-electron chi connectivity index (χ3n) is 3.93. The largest absolute Gasteiger partial charge is 0.356 e. The molecule has 0 bridgehead atoms. The minimum absolute atomic E-state index is 0. The number of guanidine groups is 1. The lowest BCUT2D eigenvalue weighted by Crippen LogP contribution is -2.40. The fourth-order valence-electron chi connectivity index (χ4n) is 2.44. The molecule has 0 aliphatic heterocycles. The Labute approximate surface area is 172 Å². The van der Waals surface area contributed by atoms with Crippen molar-refractivity contribution in [2.75, 3.05) is 27.2 Å². The van der Waals surface area contributed by atoms with Gasteiger partial charge in [0.1, 0.15) is 5.01 Å². The first-order chi connectivity index (χ1) is 11.6. The van der Waals surface area contributed by atoms with Crippen LogP contribution in [0.5, 0.6) is 0 Å². The molecule has 6 heteroatoms. The Bertz CT molecular complexity index is 652. The van der Waals surface area contributed by atoms with Crippen molar-refractivity contribution < 1.29 is 0 Å². The summed E-state index contributed by atoms with van der Waals surface area (Å²) in [6.45, 7) is 6.19. The van der Waals surface area contributed by atoms with Crippen molar-refractivity contribution in [3.05, 3.63) is 40.9 Å². The van der Waals surface area contributed by atoms with E-state index in [1.807, 2.05) is 7.05 Å². The summed E-state index contributed by atoms with van der Waals surface area (Å²) >= 11 is 1.71. The molecule has 2 rings (SSSR count). The van der Waals surface area contributed by atoms with Crippen LogP contribution >= 0.6 is 35.3 Å². The van der Waals surface area contributed by atoms with Crippen LogP contribution in [0.3, 0.4) is 0 Å². The second kappa shape index (κ2) is 11.5. The van der Waals surface area contributed by atoms with Crippen LogP contribution in [0, 0.1) is 6.92 Å². The Balaban J connectivity index is 0.00000312. The van der Waals surface area contributed by atoms with Gasteiger partial charge in [0.15, 0.2) is 5.96 Å². The number of halogens is 1. The van der Waals surface area contributed by atoms with E-state index < -0.39 is 0 Å². The average Bonchev–Trinajstić information content (AvgIpc) is 3.06. The molecule has 0 aliphatic rings. The van der Waals surface area contributed by atoms with Gasteiger partial charge >= 0.3 is 0 Å². The lowest BCUT2D eigenvalue weighted by molar-refractivity contribution is 0.465. The molecule has 1 N–H and O–H groups in total. The van der Waals surface area contributed by atoms with E-state index in [0.717, 1.165) is 36.2 Å². The van der Waals surface area contributed by atoms with E-state index in [9.17, 15) is 0 Å². The molecule has 0 spiro atoms. The molecular weight excluding hydrogens is 443 g/mol. The summed E-state index contributed by atoms with van der Waals surface area (Å²) in [4.78, 5) is 11.3. The highest BCUT2D eigenvalue weighted by Crippen LogP contribution is 2.24. The summed E-state index contributed by atoms with van der Waals surface area (Å²) in [5, 5.41) is 6.67. The smallest absolute Gasteiger partial charge is 0.193 e. The molecular formula is C19H29IN4S. The summed E-state index contributed by atoms with van der Waals surface area (Å²) in [5.41, 5.74) is 3.60. The Morgan fingerprint density at radius 2 is 2.00 bits per heavy atom. The maximum Gasteiger partial charge on any atom is 0.193 e. The van der Waals surface area contributed by atoms with Crippen molar-refractivity contribution in [3.8, 4) is 10.6 Å². The van der Waals surface area contributed by atoms with Crippen LogP contribution in [-0.2, 0) is 6.42 Å². The number of aromatic nitrogens is 1. The van der Waals surface area contributed by atoms with Crippen molar-refractivity contribution in [1.82, 2.24) is 15.2 Å². The molecule has 0 saturated carbocycles. The maximum atomic E-state index is 4.75. The summed E-state index contributed by atoms with van der Waals surface area (Å²) in [6, 6.07) is 8.55. The number of nitrogens with zero attached hydrogens (tertiary/aromatic N) is 3. The van der Waals surface area contributed by atoms with Gasteiger partial charge in [-0.3, -0.25) is 4.99 Å². The SMILES string of the molecule is CCCCN(C)C(=NC)NCCc1csc(-c2ccc(C)cc2)n1.I. The summed E-state index contributed by atoms with van der Waals surface area (Å²) in [5.74, 6) is 0.956. The van der Waals surface area contributed by atoms with Crippen molar-refractivity contribution in [2.24, 2.45) is 4.99 Å². The molecule has 0 unspecified atom stereocenters. The minimum Gasteiger partial charge on any atom is -0.356 e. The summed E-state index contributed by atoms with van der Waals surface area (Å²) in [7, 11) is 3.92. The standard InChI is InChI=1S/C19H28N4S.HI/c1-5-6-13-23(4)19(20-3)21-12-11-17-14-24-18(22-17)16-9-7-15(2)8-10-16;/h7-10,14H,5-6,11-13H2,1-4H3,(H,20,21);1H. The minimum atomic E-state index is 0. The third-order valence-corrected chi connectivity index (χ3v) is 4.88. The van der Waals surface area contributed by atoms with Gasteiger partial charge in [-0.15, -0.1) is 35.3 Å². The molecule has 0 fully saturated rings. The van der Waals surface area contributed by atoms with Crippen molar-refractivity contribution in [1.29, 1.82) is 0 Å². The van der Waals surface area contributed by atoms with Crippen LogP contribution in [0.1, 0.15) is 31.0 Å². The van der Waals surface area contributed by atoms with Crippen LogP contribution < -0.4 is 5.32 Å². The van der Waals surface area contributed by atoms with Crippen LogP contribution in [0.15, 0.2) is 34.6 Å². The molecule has 2 aromatic rings. The van der Waals surface area contributed by atoms with E-state index in [2.05, 4.69) is 65.7 Å². The van der Waals surface area contributed by atoms with E-state index >= 15 is 0 Å². The van der Waals surface area contributed by atoms with E-state index in [4.69, 9.17) is 4.98 Å². The second-order valence-electron chi connectivity index (χ2n) is 6.01. The number of nitrogens with one attached hydrogen (secondary N) is 1. The van der Waals surface area contributed by atoms with Gasteiger partial charge in [0.25, 0.3) is 0 Å². The van der Waals surface area contributed by atoms with E-state index in [1.165, 1.54) is 24.0 Å². The molecule has 138 valence electrons. The number of benzene rings is 1. The predicted octanol–water partition coefficient (Wildman–Crippen LogP) is 4.59. The molecule has 1 heterocycles. The number of aliphatic imine (C=N–C) groups is 1. The Morgan fingerprint density at radius 1 is 1.28 bits per heavy atom. The zero-order valence-corrected chi connectivity index (χ0v) is 18.7. The number of unbranched alkanes of at least 4 members (excludes halogenated alkanes) is 1. The normalized spacial score (nSPS) is 11.1. The van der Waals surface area contributed by atoms with Gasteiger partial charge in [-0.2, -0.15) is 0 Å². The van der Waals surface area contributed by atoms with Crippen LogP contribution in [-0.4, -0.2) is 43.0 Å². The monoisotopic (exact) mass is 472 g/mol. The summed E-state index contributed by atoms with van der Waals surface area (Å²) in [6.07, 6.45) is 3.29. The Hall–Kier alpha value is -1.15. The maximum absolute atomic E-state index is 4.75. The highest BCUT2D eigenvalue weighted by atomic mass is 127. The van der Waals surface area contributed by atoms with Gasteiger partial charge in [-0.1, -0.05) is 43.2 Å². The van der Waals surface area contributed by atoms with Gasteiger partial charge in [0, 0.05) is 44.5 Å². The van der Waals surface area contributed by atoms with Crippen LogP contribution in [0.25, 0.3) is 10.6 Å². The molecule has 1 aromatic heterocycles. The molecule has 0 saturated heterocycles. The average molecular weight is 472 g/mol. The van der Waals surface area contributed by atoms with E-state index in [-0.39, 0.29) is 24.0 Å². The second-order valence-corrected chi connectivity index (χ2v) is 6.87. The number of rotatable bonds is 7. The van der Waals surface area contributed by atoms with Gasteiger partial charge < -0.3 is 10.2 Å². The first-order valence-electron chi connectivity index (χ1n) is 8.57. The number of hydrogen-bond acceptors (Lipinski definition) is 3. The fraction of sp³-hybridized carbons (Fsp3) is 0.474. The highest BCUT2D eigenvalue weighted by molar-refractivity contribution is 14.0. The van der Waals surface area contributed by atoms with Gasteiger partial charge in [-0.25, -0.2) is 4.98 Å². The Morgan fingerprint density at radius 3 is 2.64 bits per heavy atom. The molecule has 0 amide bonds. The highest BCUT2D eigenvalue weighted by Gasteiger charge is 2.07. The molecule has 0 aliphatic carbocycles. The number of thiazole rings is 1. The molecule has 4 nitrogen and oxygen atoms in total. The molecule has 0 atom stereocenters. The van der Waals surface area contributed by atoms with E-state index in [0.29, 0.717) is 0 Å². The van der Waals surface area contributed by atoms with Gasteiger partial charge in [-0.05, 0) is 13.3 Å². The number of aryl methyl sites for hydroxylation is 1. The first-order valence-corrected chi connectivity index (χ1v) is 9.45. The van der Waals surface area contributed by atoms with Crippen molar-refractivity contribution in [3.63, 3.8) is 0 Å². The van der Waals surface area contributed by atoms with Crippen molar-refractivity contribution >= 4 is 41.3 Å². The lowest BCUT2D eigenvalue weighted by Gasteiger charge is -2.21. The zero-order valence-electron chi connectivity index (χ0n) is 15.6. The first kappa shape index (κ1) is 21.9. The topological polar surface area (TPSA) is 40.5 Å². The van der Waals surface area contributed by atoms with Gasteiger partial charge in [0.05, 0.1) is 5.69 Å². The van der Waals surface area contributed by atoms with Gasteiger partial charge in [0.2, 0.25) is 0 Å². The van der Waals surface area contributed by atoms with E-state index in [1.54, 1.807) is 11.3 Å². The molecule has 1 aromatic carbocycles. The fourth-order valence-corrected chi connectivity index (χ4v) is 3.30. The lowest BCUT2D eigenvalue weighted by atomic mass is 10.2. The van der Waals surface area contributed by atoms with Crippen LogP contribution in [0.4, 0.5) is 0 Å². The number of hydrogen-bond donors (Lipinski definition) is 1. The Kier molecular flexibility index (Phi) is 10.0. The van der Waals surface area contributed by atoms with Crippen LogP contribution in [0.2, 0.25) is 0 Å². The predicted molar refractivity (Wildman–Crippen MR) is 120 cm³/mol. The summed E-state index contributed by atoms with van der Waals surface area (Å²) < 4.78 is 0. The zero-order chi connectivity index (χ0) is 17.4. The quantitative estimate of drug-likeness (QED) is 0.364. The molecule has 0 radical (unpaired) electrons. The molecule has 25 heavy (non-hydrogen) atoms.